The lowest BCUT2D eigenvalue weighted by Crippen LogP contribution is -2.48. The molecule has 1 saturated heterocycles. The van der Waals surface area contributed by atoms with Gasteiger partial charge in [-0.2, -0.15) is 4.98 Å². The average Bonchev–Trinajstić information content (AvgIpc) is 3.35. The van der Waals surface area contributed by atoms with Gasteiger partial charge in [0.25, 0.3) is 5.91 Å². The highest BCUT2D eigenvalue weighted by Crippen LogP contribution is 2.30. The van der Waals surface area contributed by atoms with Gasteiger partial charge in [0.15, 0.2) is 0 Å². The molecule has 0 radical (unpaired) electrons. The molecule has 1 aliphatic carbocycles. The van der Waals surface area contributed by atoms with E-state index in [1.165, 1.54) is 0 Å². The van der Waals surface area contributed by atoms with Crippen LogP contribution in [0.4, 0.5) is 5.69 Å². The number of nitrogens with zero attached hydrogens (tertiary/aromatic N) is 4. The van der Waals surface area contributed by atoms with E-state index in [0.717, 1.165) is 55.9 Å². The zero-order valence-corrected chi connectivity index (χ0v) is 19.2. The molecule has 0 spiro atoms. The summed E-state index contributed by atoms with van der Waals surface area (Å²) in [6.45, 7) is 4.06. The maximum Gasteiger partial charge on any atom is 0.253 e. The second-order valence-corrected chi connectivity index (χ2v) is 9.51. The van der Waals surface area contributed by atoms with Crippen molar-refractivity contribution in [2.24, 2.45) is 5.92 Å². The van der Waals surface area contributed by atoms with Crippen LogP contribution < -0.4 is 5.32 Å². The highest BCUT2D eigenvalue weighted by atomic mass is 32.1. The lowest BCUT2D eigenvalue weighted by atomic mass is 10.1. The lowest BCUT2D eigenvalue weighted by Gasteiger charge is -2.34. The van der Waals surface area contributed by atoms with Crippen molar-refractivity contribution in [2.75, 3.05) is 38.0 Å². The maximum absolute atomic E-state index is 12.9. The first-order chi connectivity index (χ1) is 16.2. The Labute approximate surface area is 196 Å². The van der Waals surface area contributed by atoms with Gasteiger partial charge in [0, 0.05) is 49.8 Å². The SMILES string of the molecule is O=C(Nc1ccc(C(=O)N2CCN(CCCc3nc(-c4cccs4)no3)CC2)cc1)C1CC1. The van der Waals surface area contributed by atoms with Crippen LogP contribution in [0, 0.1) is 5.92 Å². The third kappa shape index (κ3) is 5.48. The standard InChI is InChI=1S/C24H27N5O3S/c30-23(17-5-6-17)25-19-9-7-18(8-10-19)24(31)29-14-12-28(13-15-29)11-1-4-21-26-22(27-32-21)20-3-2-16-33-20/h2-3,7-10,16-17H,1,4-6,11-15H2,(H,25,30). The van der Waals surface area contributed by atoms with E-state index >= 15 is 0 Å². The van der Waals surface area contributed by atoms with E-state index in [-0.39, 0.29) is 17.7 Å². The zero-order valence-electron chi connectivity index (χ0n) is 18.4. The Bertz CT molecular complexity index is 1080. The molecule has 2 aromatic heterocycles. The molecule has 2 fully saturated rings. The molecule has 1 aromatic carbocycles. The number of nitrogens with one attached hydrogen (secondary N) is 1. The van der Waals surface area contributed by atoms with Crippen LogP contribution in [-0.2, 0) is 11.2 Å². The van der Waals surface area contributed by atoms with Crippen LogP contribution in [-0.4, -0.2) is 64.5 Å². The first kappa shape index (κ1) is 21.8. The van der Waals surface area contributed by atoms with Crippen LogP contribution in [0.15, 0.2) is 46.3 Å². The van der Waals surface area contributed by atoms with Gasteiger partial charge in [-0.25, -0.2) is 0 Å². The van der Waals surface area contributed by atoms with Crippen molar-refractivity contribution in [3.63, 3.8) is 0 Å². The number of thiophene rings is 1. The highest BCUT2D eigenvalue weighted by Gasteiger charge is 2.29. The van der Waals surface area contributed by atoms with Gasteiger partial charge in [-0.05, 0) is 61.5 Å². The van der Waals surface area contributed by atoms with E-state index in [1.54, 1.807) is 23.5 Å². The number of benzene rings is 1. The molecule has 2 aliphatic rings. The van der Waals surface area contributed by atoms with Gasteiger partial charge in [0.05, 0.1) is 4.88 Å². The van der Waals surface area contributed by atoms with Gasteiger partial charge in [0.1, 0.15) is 0 Å². The molecular formula is C24H27N5O3S. The second-order valence-electron chi connectivity index (χ2n) is 8.57. The Hall–Kier alpha value is -3.04. The van der Waals surface area contributed by atoms with Crippen molar-refractivity contribution in [1.82, 2.24) is 19.9 Å². The molecule has 1 N–H and O–H groups in total. The number of hydrogen-bond acceptors (Lipinski definition) is 7. The summed E-state index contributed by atoms with van der Waals surface area (Å²) in [5.41, 5.74) is 1.41. The van der Waals surface area contributed by atoms with Crippen LogP contribution in [0.3, 0.4) is 0 Å². The first-order valence-electron chi connectivity index (χ1n) is 11.4. The normalized spacial score (nSPS) is 16.7. The van der Waals surface area contributed by atoms with Crippen LogP contribution >= 0.6 is 11.3 Å². The molecular weight excluding hydrogens is 438 g/mol. The van der Waals surface area contributed by atoms with E-state index in [4.69, 9.17) is 4.52 Å². The summed E-state index contributed by atoms with van der Waals surface area (Å²) >= 11 is 1.60. The molecule has 3 heterocycles. The van der Waals surface area contributed by atoms with Crippen LogP contribution in [0.25, 0.3) is 10.7 Å². The van der Waals surface area contributed by atoms with Crippen LogP contribution in [0.1, 0.15) is 35.5 Å². The average molecular weight is 466 g/mol. The molecule has 33 heavy (non-hydrogen) atoms. The largest absolute Gasteiger partial charge is 0.339 e. The Balaban J connectivity index is 1.04. The van der Waals surface area contributed by atoms with E-state index in [0.29, 0.717) is 30.4 Å². The van der Waals surface area contributed by atoms with E-state index < -0.39 is 0 Å². The molecule has 3 aromatic rings. The predicted molar refractivity (Wildman–Crippen MR) is 126 cm³/mol. The van der Waals surface area contributed by atoms with E-state index in [9.17, 15) is 9.59 Å². The summed E-state index contributed by atoms with van der Waals surface area (Å²) in [5.74, 6) is 1.61. The Morgan fingerprint density at radius 1 is 1.09 bits per heavy atom. The molecule has 1 saturated carbocycles. The third-order valence-corrected chi connectivity index (χ3v) is 6.95. The minimum absolute atomic E-state index is 0.0432. The summed E-state index contributed by atoms with van der Waals surface area (Å²) in [4.78, 5) is 34.5. The van der Waals surface area contributed by atoms with Gasteiger partial charge in [0.2, 0.25) is 17.6 Å². The van der Waals surface area contributed by atoms with Crippen molar-refractivity contribution in [3.05, 3.63) is 53.2 Å². The van der Waals surface area contributed by atoms with Crippen molar-refractivity contribution in [3.8, 4) is 10.7 Å². The minimum atomic E-state index is 0.0432. The number of aryl methyl sites for hydroxylation is 1. The maximum atomic E-state index is 12.9. The van der Waals surface area contributed by atoms with Crippen molar-refractivity contribution in [2.45, 2.75) is 25.7 Å². The number of carbonyl (C=O) groups is 2. The van der Waals surface area contributed by atoms with Gasteiger partial charge in [-0.15, -0.1) is 11.3 Å². The monoisotopic (exact) mass is 465 g/mol. The summed E-state index contributed by atoms with van der Waals surface area (Å²) in [6.07, 6.45) is 3.64. The fourth-order valence-corrected chi connectivity index (χ4v) is 4.61. The predicted octanol–water partition coefficient (Wildman–Crippen LogP) is 3.54. The molecule has 172 valence electrons. The molecule has 1 aliphatic heterocycles. The van der Waals surface area contributed by atoms with Crippen molar-refractivity contribution < 1.29 is 14.1 Å². The second kappa shape index (κ2) is 9.84. The number of anilines is 1. The first-order valence-corrected chi connectivity index (χ1v) is 12.3. The fraction of sp³-hybridized carbons (Fsp3) is 0.417. The number of aromatic nitrogens is 2. The minimum Gasteiger partial charge on any atom is -0.339 e. The molecule has 8 nitrogen and oxygen atoms in total. The van der Waals surface area contributed by atoms with E-state index in [2.05, 4.69) is 20.4 Å². The zero-order chi connectivity index (χ0) is 22.6. The lowest BCUT2D eigenvalue weighted by molar-refractivity contribution is -0.117. The number of piperazine rings is 1. The molecule has 5 rings (SSSR count). The quantitative estimate of drug-likeness (QED) is 0.547. The fourth-order valence-electron chi connectivity index (χ4n) is 3.96. The Morgan fingerprint density at radius 2 is 1.88 bits per heavy atom. The number of amides is 2. The van der Waals surface area contributed by atoms with Crippen LogP contribution in [0.5, 0.6) is 0 Å². The Morgan fingerprint density at radius 3 is 2.58 bits per heavy atom. The number of rotatable bonds is 8. The van der Waals surface area contributed by atoms with Crippen LogP contribution in [0.2, 0.25) is 0 Å². The molecule has 0 atom stereocenters. The smallest absolute Gasteiger partial charge is 0.253 e. The number of hydrogen-bond donors (Lipinski definition) is 1. The molecule has 9 heteroatoms. The third-order valence-electron chi connectivity index (χ3n) is 6.08. The summed E-state index contributed by atoms with van der Waals surface area (Å²) in [6, 6.07) is 11.2. The number of carbonyl (C=O) groups excluding carboxylic acids is 2. The molecule has 0 bridgehead atoms. The van der Waals surface area contributed by atoms with Gasteiger partial charge in [-0.3, -0.25) is 14.5 Å². The van der Waals surface area contributed by atoms with Crippen molar-refractivity contribution >= 4 is 28.8 Å². The van der Waals surface area contributed by atoms with Gasteiger partial charge >= 0.3 is 0 Å². The van der Waals surface area contributed by atoms with Gasteiger partial charge in [-0.1, -0.05) is 11.2 Å². The van der Waals surface area contributed by atoms with E-state index in [1.807, 2.05) is 34.5 Å². The van der Waals surface area contributed by atoms with Crippen molar-refractivity contribution in [1.29, 1.82) is 0 Å². The summed E-state index contributed by atoms with van der Waals surface area (Å²) < 4.78 is 5.37. The molecule has 2 amide bonds. The molecule has 0 unspecified atom stereocenters. The topological polar surface area (TPSA) is 91.6 Å². The van der Waals surface area contributed by atoms with Gasteiger partial charge < -0.3 is 14.7 Å². The summed E-state index contributed by atoms with van der Waals surface area (Å²) in [7, 11) is 0. The summed E-state index contributed by atoms with van der Waals surface area (Å²) in [5, 5.41) is 8.97. The Kier molecular flexibility index (Phi) is 6.50. The highest BCUT2D eigenvalue weighted by molar-refractivity contribution is 7.13.